The third kappa shape index (κ3) is 24.7. The van der Waals surface area contributed by atoms with E-state index in [9.17, 15) is 15.0 Å². The van der Waals surface area contributed by atoms with E-state index in [1.807, 2.05) is 0 Å². The Morgan fingerprint density at radius 1 is 0.629 bits per heavy atom. The van der Waals surface area contributed by atoms with Gasteiger partial charge in [-0.3, -0.25) is 4.79 Å². The molecule has 0 aliphatic rings. The van der Waals surface area contributed by atoms with Crippen LogP contribution in [0.1, 0.15) is 110 Å². The number of aliphatic hydroxyl groups excluding tert-OH is 4. The van der Waals surface area contributed by atoms with E-state index in [0.717, 1.165) is 19.3 Å². The summed E-state index contributed by atoms with van der Waals surface area (Å²) in [6.07, 6.45) is 16.8. The van der Waals surface area contributed by atoms with Gasteiger partial charge in [0.1, 0.15) is 24.9 Å². The van der Waals surface area contributed by atoms with Crippen LogP contribution in [-0.2, 0) is 19.0 Å². The minimum atomic E-state index is -1.03. The molecule has 0 spiro atoms. The van der Waals surface area contributed by atoms with Crippen molar-refractivity contribution in [3.63, 3.8) is 0 Å². The highest BCUT2D eigenvalue weighted by Gasteiger charge is 2.16. The van der Waals surface area contributed by atoms with Crippen molar-refractivity contribution in [1.29, 1.82) is 0 Å². The number of carbonyl (C=O) groups excluding carboxylic acids is 1. The molecule has 0 aromatic heterocycles. The average Bonchev–Trinajstić information content (AvgIpc) is 2.87. The van der Waals surface area contributed by atoms with Crippen LogP contribution in [0.15, 0.2) is 0 Å². The molecule has 0 aromatic carbocycles. The number of hydrogen-bond acceptors (Lipinski definition) is 8. The van der Waals surface area contributed by atoms with Gasteiger partial charge >= 0.3 is 5.97 Å². The summed E-state index contributed by atoms with van der Waals surface area (Å²) < 4.78 is 16.0. The first-order valence-corrected chi connectivity index (χ1v) is 14.0. The lowest BCUT2D eigenvalue weighted by Crippen LogP contribution is -2.33. The zero-order valence-electron chi connectivity index (χ0n) is 22.2. The fraction of sp³-hybridized carbons (Fsp3) is 0.963. The van der Waals surface area contributed by atoms with Gasteiger partial charge in [-0.25, -0.2) is 0 Å². The molecule has 0 amide bonds. The van der Waals surface area contributed by atoms with Crippen LogP contribution >= 0.6 is 0 Å². The van der Waals surface area contributed by atoms with Gasteiger partial charge in [-0.2, -0.15) is 0 Å². The van der Waals surface area contributed by atoms with Crippen molar-refractivity contribution in [3.05, 3.63) is 0 Å². The van der Waals surface area contributed by atoms with E-state index in [1.165, 1.54) is 77.0 Å². The van der Waals surface area contributed by atoms with E-state index in [-0.39, 0.29) is 32.4 Å². The molecule has 0 rings (SSSR count). The van der Waals surface area contributed by atoms with E-state index >= 15 is 0 Å². The zero-order valence-corrected chi connectivity index (χ0v) is 22.2. The predicted octanol–water partition coefficient (Wildman–Crippen LogP) is 3.90. The number of esters is 1. The Balaban J connectivity index is 3.70. The topological polar surface area (TPSA) is 126 Å². The van der Waals surface area contributed by atoms with Gasteiger partial charge in [0.25, 0.3) is 0 Å². The van der Waals surface area contributed by atoms with Crippen molar-refractivity contribution in [1.82, 2.24) is 0 Å². The normalized spacial score (nSPS) is 14.1. The molecule has 0 radical (unpaired) electrons. The van der Waals surface area contributed by atoms with E-state index in [4.69, 9.17) is 24.4 Å². The maximum absolute atomic E-state index is 12.0. The fourth-order valence-electron chi connectivity index (χ4n) is 3.73. The van der Waals surface area contributed by atoms with Crippen molar-refractivity contribution >= 4 is 5.97 Å². The number of rotatable bonds is 27. The van der Waals surface area contributed by atoms with Gasteiger partial charge in [0, 0.05) is 6.42 Å². The van der Waals surface area contributed by atoms with Crippen LogP contribution in [0.2, 0.25) is 0 Å². The first kappa shape index (κ1) is 34.2. The summed E-state index contributed by atoms with van der Waals surface area (Å²) in [5.74, 6) is -0.300. The molecule has 0 bridgehead atoms. The number of aliphatic hydroxyl groups is 4. The maximum atomic E-state index is 12.0. The molecule has 0 aliphatic heterocycles. The molecule has 0 aromatic rings. The third-order valence-corrected chi connectivity index (χ3v) is 5.97. The van der Waals surface area contributed by atoms with Gasteiger partial charge in [0.15, 0.2) is 0 Å². The number of hydrogen-bond donors (Lipinski definition) is 4. The SMILES string of the molecule is CCCCCCCCCCCCCCCCCC(=O)OC[C@@H](COC[C@@H](O)CO)OC[C@H](O)CO. The first-order valence-electron chi connectivity index (χ1n) is 14.0. The summed E-state index contributed by atoms with van der Waals surface area (Å²) in [6, 6.07) is 0. The Bertz CT molecular complexity index is 449. The Hall–Kier alpha value is -0.770. The van der Waals surface area contributed by atoms with Gasteiger partial charge in [0.05, 0.1) is 33.0 Å². The number of unbranched alkanes of at least 4 members (excludes halogenated alkanes) is 14. The Labute approximate surface area is 213 Å². The largest absolute Gasteiger partial charge is 0.463 e. The van der Waals surface area contributed by atoms with Crippen molar-refractivity contribution in [3.8, 4) is 0 Å². The minimum Gasteiger partial charge on any atom is -0.463 e. The van der Waals surface area contributed by atoms with Gasteiger partial charge in [-0.1, -0.05) is 96.8 Å². The summed E-state index contributed by atoms with van der Waals surface area (Å²) in [4.78, 5) is 12.0. The van der Waals surface area contributed by atoms with E-state index in [0.29, 0.717) is 6.42 Å². The van der Waals surface area contributed by atoms with E-state index in [2.05, 4.69) is 6.92 Å². The molecule has 8 nitrogen and oxygen atoms in total. The summed E-state index contributed by atoms with van der Waals surface area (Å²) in [6.45, 7) is 1.20. The second-order valence-corrected chi connectivity index (χ2v) is 9.55. The van der Waals surface area contributed by atoms with Crippen molar-refractivity contribution in [2.24, 2.45) is 0 Å². The minimum absolute atomic E-state index is 0.0292. The highest BCUT2D eigenvalue weighted by molar-refractivity contribution is 5.69. The molecule has 35 heavy (non-hydrogen) atoms. The fourth-order valence-corrected chi connectivity index (χ4v) is 3.73. The molecule has 210 valence electrons. The van der Waals surface area contributed by atoms with Gasteiger partial charge in [0.2, 0.25) is 0 Å². The molecular weight excluding hydrogens is 452 g/mol. The van der Waals surface area contributed by atoms with E-state index in [1.54, 1.807) is 0 Å². The molecule has 0 saturated heterocycles. The molecular formula is C27H54O8. The van der Waals surface area contributed by atoms with Crippen LogP contribution in [0.4, 0.5) is 0 Å². The van der Waals surface area contributed by atoms with Crippen LogP contribution in [-0.4, -0.2) is 84.3 Å². The number of ether oxygens (including phenoxy) is 3. The summed E-state index contributed by atoms with van der Waals surface area (Å²) in [7, 11) is 0. The van der Waals surface area contributed by atoms with Crippen LogP contribution in [0.5, 0.6) is 0 Å². The maximum Gasteiger partial charge on any atom is 0.305 e. The lowest BCUT2D eigenvalue weighted by atomic mass is 10.0. The standard InChI is InChI=1S/C27H54O8/c1-2-3-4-5-6-7-8-9-10-11-12-13-14-15-16-17-27(32)35-23-26(34-21-25(31)19-29)22-33-20-24(30)18-28/h24-26,28-31H,2-23H2,1H3/t24-,25+,26+/m0/s1. The lowest BCUT2D eigenvalue weighted by molar-refractivity contribution is -0.152. The Kier molecular flexibility index (Phi) is 25.7. The number of carbonyl (C=O) groups is 1. The second kappa shape index (κ2) is 26.3. The summed E-state index contributed by atoms with van der Waals surface area (Å²) in [5.41, 5.74) is 0. The Morgan fingerprint density at radius 2 is 1.09 bits per heavy atom. The molecule has 0 aliphatic carbocycles. The van der Waals surface area contributed by atoms with Gasteiger partial charge in [-0.05, 0) is 6.42 Å². The molecule has 3 atom stereocenters. The van der Waals surface area contributed by atoms with Gasteiger partial charge < -0.3 is 34.6 Å². The summed E-state index contributed by atoms with van der Waals surface area (Å²) >= 11 is 0. The van der Waals surface area contributed by atoms with Crippen LogP contribution in [0.25, 0.3) is 0 Å². The zero-order chi connectivity index (χ0) is 26.0. The van der Waals surface area contributed by atoms with Crippen LogP contribution in [0.3, 0.4) is 0 Å². The summed E-state index contributed by atoms with van der Waals surface area (Å²) in [5, 5.41) is 36.5. The molecule has 0 heterocycles. The molecule has 0 saturated carbocycles. The predicted molar refractivity (Wildman–Crippen MR) is 137 cm³/mol. The highest BCUT2D eigenvalue weighted by Crippen LogP contribution is 2.14. The molecule has 0 unspecified atom stereocenters. The van der Waals surface area contributed by atoms with Crippen molar-refractivity contribution in [2.45, 2.75) is 128 Å². The smallest absolute Gasteiger partial charge is 0.305 e. The van der Waals surface area contributed by atoms with Gasteiger partial charge in [-0.15, -0.1) is 0 Å². The van der Waals surface area contributed by atoms with Crippen molar-refractivity contribution < 1.29 is 39.4 Å². The van der Waals surface area contributed by atoms with Crippen molar-refractivity contribution in [2.75, 3.05) is 39.6 Å². The molecule has 4 N–H and O–H groups in total. The third-order valence-electron chi connectivity index (χ3n) is 5.97. The lowest BCUT2D eigenvalue weighted by Gasteiger charge is -2.20. The first-order chi connectivity index (χ1) is 17.0. The quantitative estimate of drug-likeness (QED) is 0.0976. The molecule has 0 fully saturated rings. The monoisotopic (exact) mass is 506 g/mol. The average molecular weight is 507 g/mol. The molecule has 8 heteroatoms. The second-order valence-electron chi connectivity index (χ2n) is 9.55. The van der Waals surface area contributed by atoms with E-state index < -0.39 is 31.5 Å². The Morgan fingerprint density at radius 3 is 1.57 bits per heavy atom. The van der Waals surface area contributed by atoms with Crippen LogP contribution < -0.4 is 0 Å². The van der Waals surface area contributed by atoms with Crippen LogP contribution in [0, 0.1) is 0 Å². The highest BCUT2D eigenvalue weighted by atomic mass is 16.6.